The number of aromatic nitrogens is 1. The molecule has 158 valence electrons. The van der Waals surface area contributed by atoms with Gasteiger partial charge in [-0.2, -0.15) is 0 Å². The highest BCUT2D eigenvalue weighted by atomic mass is 32.2. The Morgan fingerprint density at radius 2 is 1.83 bits per heavy atom. The molecular weight excluding hydrogens is 416 g/mol. The zero-order valence-electron chi connectivity index (χ0n) is 16.4. The molecule has 3 N–H and O–H groups in total. The number of sulfonamides is 1. The van der Waals surface area contributed by atoms with Gasteiger partial charge in [0.25, 0.3) is 0 Å². The molecule has 0 radical (unpaired) electrons. The second-order valence-corrected chi connectivity index (χ2v) is 9.48. The topological polar surface area (TPSA) is 130 Å². The minimum absolute atomic E-state index is 0.0464. The SMILES string of the molecule is CCCS(=O)(=O)Nc1ccc(NC(=O)CSC(C)C(=O)Nc2cc(C)on2)cc1. The van der Waals surface area contributed by atoms with E-state index in [0.717, 1.165) is 0 Å². The number of nitrogens with zero attached hydrogens (tertiary/aromatic N) is 1. The molecule has 0 bridgehead atoms. The van der Waals surface area contributed by atoms with Crippen molar-refractivity contribution in [2.75, 3.05) is 26.9 Å². The maximum Gasteiger partial charge on any atom is 0.238 e. The van der Waals surface area contributed by atoms with Crippen LogP contribution in [0.15, 0.2) is 34.9 Å². The molecular formula is C18H24N4O5S2. The third-order valence-electron chi connectivity index (χ3n) is 3.63. The number of thioether (sulfide) groups is 1. The molecule has 1 unspecified atom stereocenters. The Balaban J connectivity index is 1.79. The van der Waals surface area contributed by atoms with Crippen LogP contribution in [0, 0.1) is 6.92 Å². The predicted molar refractivity (Wildman–Crippen MR) is 115 cm³/mol. The first kappa shape index (κ1) is 22.8. The summed E-state index contributed by atoms with van der Waals surface area (Å²) >= 11 is 1.18. The molecule has 1 aromatic heterocycles. The Kier molecular flexibility index (Phi) is 8.09. The van der Waals surface area contributed by atoms with Crippen molar-refractivity contribution in [1.29, 1.82) is 0 Å². The summed E-state index contributed by atoms with van der Waals surface area (Å²) in [6.45, 7) is 5.20. The van der Waals surface area contributed by atoms with Crippen molar-refractivity contribution >= 4 is 50.8 Å². The van der Waals surface area contributed by atoms with Gasteiger partial charge in [-0.3, -0.25) is 14.3 Å². The van der Waals surface area contributed by atoms with Crippen LogP contribution in [0.4, 0.5) is 17.2 Å². The fourth-order valence-corrected chi connectivity index (χ4v) is 4.07. The molecule has 0 spiro atoms. The second-order valence-electron chi connectivity index (χ2n) is 6.31. The molecule has 2 aromatic rings. The number of carbonyl (C=O) groups excluding carboxylic acids is 2. The average Bonchev–Trinajstić information content (AvgIpc) is 3.05. The molecule has 1 heterocycles. The average molecular weight is 441 g/mol. The van der Waals surface area contributed by atoms with Gasteiger partial charge < -0.3 is 15.2 Å². The van der Waals surface area contributed by atoms with E-state index in [1.165, 1.54) is 11.8 Å². The number of hydrogen-bond acceptors (Lipinski definition) is 7. The maximum absolute atomic E-state index is 12.1. The number of anilines is 3. The quantitative estimate of drug-likeness (QED) is 0.518. The van der Waals surface area contributed by atoms with Gasteiger partial charge in [0.2, 0.25) is 21.8 Å². The molecule has 9 nitrogen and oxygen atoms in total. The van der Waals surface area contributed by atoms with Crippen molar-refractivity contribution in [2.24, 2.45) is 0 Å². The fourth-order valence-electron chi connectivity index (χ4n) is 2.25. The second kappa shape index (κ2) is 10.3. The van der Waals surface area contributed by atoms with Gasteiger partial charge in [-0.1, -0.05) is 12.1 Å². The molecule has 0 aliphatic rings. The van der Waals surface area contributed by atoms with E-state index in [1.807, 2.05) is 0 Å². The number of benzene rings is 1. The number of aryl methyl sites for hydroxylation is 1. The van der Waals surface area contributed by atoms with Crippen molar-refractivity contribution in [3.63, 3.8) is 0 Å². The third-order valence-corrected chi connectivity index (χ3v) is 6.26. The maximum atomic E-state index is 12.1. The van der Waals surface area contributed by atoms with E-state index < -0.39 is 15.3 Å². The highest BCUT2D eigenvalue weighted by Crippen LogP contribution is 2.17. The fraction of sp³-hybridized carbons (Fsp3) is 0.389. The van der Waals surface area contributed by atoms with Gasteiger partial charge in [0.1, 0.15) is 5.76 Å². The highest BCUT2D eigenvalue weighted by molar-refractivity contribution is 8.01. The minimum atomic E-state index is -3.36. The van der Waals surface area contributed by atoms with E-state index in [0.29, 0.717) is 29.4 Å². The van der Waals surface area contributed by atoms with Crippen LogP contribution in [0.25, 0.3) is 0 Å². The van der Waals surface area contributed by atoms with Crippen molar-refractivity contribution < 1.29 is 22.5 Å². The molecule has 1 aromatic carbocycles. The normalized spacial score (nSPS) is 12.2. The monoisotopic (exact) mass is 440 g/mol. The summed E-state index contributed by atoms with van der Waals surface area (Å²) in [6.07, 6.45) is 0.524. The summed E-state index contributed by atoms with van der Waals surface area (Å²) in [7, 11) is -3.36. The molecule has 0 fully saturated rings. The molecule has 11 heteroatoms. The van der Waals surface area contributed by atoms with Crippen LogP contribution in [-0.4, -0.2) is 42.1 Å². The number of nitrogens with one attached hydrogen (secondary N) is 3. The molecule has 2 rings (SSSR count). The number of hydrogen-bond donors (Lipinski definition) is 3. The molecule has 0 saturated carbocycles. The van der Waals surface area contributed by atoms with Crippen LogP contribution in [0.1, 0.15) is 26.0 Å². The van der Waals surface area contributed by atoms with Gasteiger partial charge in [-0.15, -0.1) is 11.8 Å². The first-order chi connectivity index (χ1) is 13.7. The Morgan fingerprint density at radius 1 is 1.17 bits per heavy atom. The van der Waals surface area contributed by atoms with Gasteiger partial charge in [-0.05, 0) is 44.5 Å². The van der Waals surface area contributed by atoms with Gasteiger partial charge in [0, 0.05) is 17.4 Å². The van der Waals surface area contributed by atoms with Crippen molar-refractivity contribution in [3.8, 4) is 0 Å². The molecule has 29 heavy (non-hydrogen) atoms. The molecule has 0 saturated heterocycles. The van der Waals surface area contributed by atoms with Gasteiger partial charge in [0.05, 0.1) is 16.8 Å². The van der Waals surface area contributed by atoms with E-state index in [4.69, 9.17) is 4.52 Å². The van der Waals surface area contributed by atoms with E-state index in [2.05, 4.69) is 20.5 Å². The lowest BCUT2D eigenvalue weighted by Crippen LogP contribution is -2.25. The first-order valence-electron chi connectivity index (χ1n) is 8.94. The lowest BCUT2D eigenvalue weighted by Gasteiger charge is -2.11. The standard InChI is InChI=1S/C18H24N4O5S2/c1-4-9-29(25,26)22-15-7-5-14(6-8-15)19-17(23)11-28-13(3)18(24)20-16-10-12(2)27-21-16/h5-8,10,13,22H,4,9,11H2,1-3H3,(H,19,23)(H,20,21,24). The van der Waals surface area contributed by atoms with Crippen molar-refractivity contribution in [2.45, 2.75) is 32.4 Å². The number of amides is 2. The van der Waals surface area contributed by atoms with Crippen LogP contribution in [0.2, 0.25) is 0 Å². The zero-order chi connectivity index (χ0) is 21.4. The summed E-state index contributed by atoms with van der Waals surface area (Å²) in [4.78, 5) is 24.2. The Bertz CT molecular complexity index is 941. The first-order valence-corrected chi connectivity index (χ1v) is 11.6. The van der Waals surface area contributed by atoms with Gasteiger partial charge >= 0.3 is 0 Å². The summed E-state index contributed by atoms with van der Waals surface area (Å²) in [6, 6.07) is 7.97. The summed E-state index contributed by atoms with van der Waals surface area (Å²) < 4.78 is 30.9. The lowest BCUT2D eigenvalue weighted by molar-refractivity contribution is -0.115. The van der Waals surface area contributed by atoms with Crippen LogP contribution < -0.4 is 15.4 Å². The van der Waals surface area contributed by atoms with E-state index in [-0.39, 0.29) is 23.3 Å². The largest absolute Gasteiger partial charge is 0.360 e. The summed E-state index contributed by atoms with van der Waals surface area (Å²) in [5.74, 6) is 0.497. The van der Waals surface area contributed by atoms with Crippen LogP contribution >= 0.6 is 11.8 Å². The molecule has 0 aliphatic carbocycles. The Morgan fingerprint density at radius 3 is 2.41 bits per heavy atom. The summed E-state index contributed by atoms with van der Waals surface area (Å²) in [5.41, 5.74) is 0.962. The third kappa shape index (κ3) is 7.78. The van der Waals surface area contributed by atoms with Crippen LogP contribution in [0.5, 0.6) is 0 Å². The highest BCUT2D eigenvalue weighted by Gasteiger charge is 2.17. The van der Waals surface area contributed by atoms with Crippen molar-refractivity contribution in [3.05, 3.63) is 36.1 Å². The predicted octanol–water partition coefficient (Wildman–Crippen LogP) is 2.83. The van der Waals surface area contributed by atoms with E-state index >= 15 is 0 Å². The zero-order valence-corrected chi connectivity index (χ0v) is 18.0. The van der Waals surface area contributed by atoms with Gasteiger partial charge in [-0.25, -0.2) is 8.42 Å². The molecule has 2 amide bonds. The molecule has 0 aliphatic heterocycles. The minimum Gasteiger partial charge on any atom is -0.360 e. The Hall–Kier alpha value is -2.53. The Labute approximate surface area is 174 Å². The lowest BCUT2D eigenvalue weighted by atomic mass is 10.3. The molecule has 1 atom stereocenters. The van der Waals surface area contributed by atoms with Crippen molar-refractivity contribution in [1.82, 2.24) is 5.16 Å². The van der Waals surface area contributed by atoms with Crippen LogP contribution in [0.3, 0.4) is 0 Å². The van der Waals surface area contributed by atoms with E-state index in [1.54, 1.807) is 51.1 Å². The number of rotatable bonds is 10. The summed E-state index contributed by atoms with van der Waals surface area (Å²) in [5, 5.41) is 8.55. The van der Waals surface area contributed by atoms with E-state index in [9.17, 15) is 18.0 Å². The smallest absolute Gasteiger partial charge is 0.238 e. The van der Waals surface area contributed by atoms with Crippen LogP contribution in [-0.2, 0) is 19.6 Å². The van der Waals surface area contributed by atoms with Gasteiger partial charge in [0.15, 0.2) is 5.82 Å². The number of carbonyl (C=O) groups is 2.